The molecule has 2 aromatic rings. The highest BCUT2D eigenvalue weighted by Gasteiger charge is 2.57. The van der Waals surface area contributed by atoms with Crippen LogP contribution in [0.5, 0.6) is 0 Å². The van der Waals surface area contributed by atoms with Crippen LogP contribution in [0.1, 0.15) is 25.0 Å². The summed E-state index contributed by atoms with van der Waals surface area (Å²) in [5, 5.41) is 45.5. The van der Waals surface area contributed by atoms with Crippen LogP contribution in [0.15, 0.2) is 40.4 Å². The number of benzene rings is 2. The van der Waals surface area contributed by atoms with Crippen LogP contribution in [0.3, 0.4) is 0 Å². The third-order valence-corrected chi connectivity index (χ3v) is 13.3. The van der Waals surface area contributed by atoms with Crippen molar-refractivity contribution in [1.29, 1.82) is 0 Å². The molecule has 4 unspecified atom stereocenters. The molecule has 242 valence electrons. The number of hydrogen-bond acceptors (Lipinski definition) is 8. The van der Waals surface area contributed by atoms with Crippen molar-refractivity contribution in [3.8, 4) is 0 Å². The molecule has 0 aliphatic carbocycles. The van der Waals surface area contributed by atoms with Crippen LogP contribution in [0.2, 0.25) is 0 Å². The van der Waals surface area contributed by atoms with Gasteiger partial charge in [-0.25, -0.2) is 8.42 Å². The number of nitrogens with zero attached hydrogens (tertiary/aromatic N) is 4. The van der Waals surface area contributed by atoms with Gasteiger partial charge in [0.15, 0.2) is 0 Å². The van der Waals surface area contributed by atoms with E-state index in [-0.39, 0.29) is 35.9 Å². The van der Waals surface area contributed by atoms with E-state index in [1.54, 1.807) is 13.0 Å². The highest BCUT2D eigenvalue weighted by molar-refractivity contribution is 7.93. The number of quaternary nitrogens is 2. The van der Waals surface area contributed by atoms with E-state index in [1.807, 2.05) is 18.2 Å². The van der Waals surface area contributed by atoms with E-state index in [9.17, 15) is 38.4 Å². The van der Waals surface area contributed by atoms with Crippen LogP contribution in [-0.4, -0.2) is 122 Å². The standard InChI is InChI=1S/C32H40N4O8S/c1-19-24(30(32(41)42)34-29(19)27(20(2)39)31(34)40)17-33-25-5-3-4-23-22-6-7-36(10-8-35(9-11-36,12-14-37)13-15-38)18-21(22)16-26(28(23)25)45(33,43)44/h3-5,16,19-20,27,29,37-38H,6-15,17-18H2,1-2H3. The first-order chi connectivity index (χ1) is 21.4. The molecule has 0 radical (unpaired) electrons. The number of hydrogen-bond donors (Lipinski definition) is 2. The summed E-state index contributed by atoms with van der Waals surface area (Å²) in [5.41, 5.74) is 2.58. The Morgan fingerprint density at radius 1 is 1.11 bits per heavy atom. The summed E-state index contributed by atoms with van der Waals surface area (Å²) < 4.78 is 31.4. The molecule has 45 heavy (non-hydrogen) atoms. The number of aliphatic hydroxyl groups is 2. The molecule has 0 saturated carbocycles. The highest BCUT2D eigenvalue weighted by atomic mass is 32.2. The van der Waals surface area contributed by atoms with Gasteiger partial charge in [0.25, 0.3) is 10.0 Å². The Morgan fingerprint density at radius 3 is 2.42 bits per heavy atom. The third-order valence-electron chi connectivity index (χ3n) is 11.5. The van der Waals surface area contributed by atoms with E-state index < -0.39 is 45.9 Å². The molecule has 7 rings (SSSR count). The largest absolute Gasteiger partial charge is 0.852 e. The number of carbonyl (C=O) groups is 2. The summed E-state index contributed by atoms with van der Waals surface area (Å²) in [5.74, 6) is -3.49. The number of anilines is 1. The molecule has 0 bridgehead atoms. The molecule has 12 nitrogen and oxygen atoms in total. The number of sulfonamides is 1. The minimum atomic E-state index is -4.07. The van der Waals surface area contributed by atoms with Gasteiger partial charge in [-0.1, -0.05) is 26.0 Å². The van der Waals surface area contributed by atoms with Gasteiger partial charge in [0.1, 0.15) is 45.8 Å². The summed E-state index contributed by atoms with van der Waals surface area (Å²) in [6, 6.07) is 6.73. The number of carbonyl (C=O) groups excluding carboxylic acids is 2. The molecule has 5 aliphatic heterocycles. The van der Waals surface area contributed by atoms with Gasteiger partial charge in [-0.05, 0) is 28.7 Å². The topological polar surface area (TPSA) is 161 Å². The second-order valence-corrected chi connectivity index (χ2v) is 15.5. The number of rotatable bonds is 8. The molecule has 2 N–H and O–H groups in total. The molecular weight excluding hydrogens is 600 g/mol. The Labute approximate surface area is 262 Å². The number of fused-ring (bicyclic) bond motifs is 3. The van der Waals surface area contributed by atoms with Gasteiger partial charge in [-0.15, -0.1) is 6.10 Å². The zero-order valence-electron chi connectivity index (χ0n) is 25.6. The minimum Gasteiger partial charge on any atom is -0.852 e. The van der Waals surface area contributed by atoms with Gasteiger partial charge in [-0.3, -0.25) is 9.10 Å². The molecule has 5 aliphatic rings. The van der Waals surface area contributed by atoms with Crippen molar-refractivity contribution in [3.63, 3.8) is 0 Å². The van der Waals surface area contributed by atoms with Gasteiger partial charge in [0.2, 0.25) is 5.91 Å². The molecule has 2 fully saturated rings. The quantitative estimate of drug-likeness (QED) is 0.254. The molecule has 2 saturated heterocycles. The molecule has 4 atom stereocenters. The lowest BCUT2D eigenvalue weighted by Gasteiger charge is -2.51. The maximum absolute atomic E-state index is 14.3. The number of piperazine rings is 1. The summed E-state index contributed by atoms with van der Waals surface area (Å²) in [6.45, 7) is 9.31. The van der Waals surface area contributed by atoms with Crippen LogP contribution in [0, 0.1) is 11.8 Å². The van der Waals surface area contributed by atoms with E-state index in [0.717, 1.165) is 65.0 Å². The second kappa shape index (κ2) is 10.5. The number of carboxylic acids is 1. The molecule has 5 heterocycles. The van der Waals surface area contributed by atoms with E-state index in [4.69, 9.17) is 0 Å². The van der Waals surface area contributed by atoms with Crippen LogP contribution in [0.4, 0.5) is 5.69 Å². The Bertz CT molecular complexity index is 1740. The van der Waals surface area contributed by atoms with Crippen molar-refractivity contribution in [2.75, 3.05) is 69.9 Å². The molecule has 2 aromatic carbocycles. The zero-order valence-corrected chi connectivity index (χ0v) is 26.5. The van der Waals surface area contributed by atoms with E-state index in [0.29, 0.717) is 35.2 Å². The van der Waals surface area contributed by atoms with Gasteiger partial charge < -0.3 is 39.1 Å². The Hall–Kier alpha value is -3.07. The first kappa shape index (κ1) is 30.6. The van der Waals surface area contributed by atoms with Crippen molar-refractivity contribution in [2.24, 2.45) is 11.8 Å². The average Bonchev–Trinajstić information content (AvgIpc) is 3.36. The number of aliphatic carboxylic acids is 1. The van der Waals surface area contributed by atoms with Crippen molar-refractivity contribution in [3.05, 3.63) is 46.7 Å². The molecule has 1 spiro atoms. The number of aliphatic hydroxyl groups excluding tert-OH is 2. The van der Waals surface area contributed by atoms with E-state index in [2.05, 4.69) is 0 Å². The summed E-state index contributed by atoms with van der Waals surface area (Å²) in [6.07, 6.45) is -0.422. The Morgan fingerprint density at radius 2 is 1.80 bits per heavy atom. The maximum Gasteiger partial charge on any atom is 0.265 e. The predicted molar refractivity (Wildman–Crippen MR) is 159 cm³/mol. The monoisotopic (exact) mass is 640 g/mol. The van der Waals surface area contributed by atoms with Gasteiger partial charge in [0.05, 0.1) is 54.6 Å². The fourth-order valence-corrected chi connectivity index (χ4v) is 10.7. The van der Waals surface area contributed by atoms with Gasteiger partial charge in [0, 0.05) is 29.2 Å². The van der Waals surface area contributed by atoms with Crippen molar-refractivity contribution in [2.45, 2.75) is 43.9 Å². The predicted octanol–water partition coefficient (Wildman–Crippen LogP) is -1.73. The molecule has 0 aromatic heterocycles. The molecular formula is C32H40N4O8S. The first-order valence-corrected chi connectivity index (χ1v) is 17.3. The number of amides is 1. The van der Waals surface area contributed by atoms with Crippen molar-refractivity contribution < 1.29 is 47.4 Å². The van der Waals surface area contributed by atoms with E-state index in [1.165, 1.54) is 11.2 Å². The zero-order chi connectivity index (χ0) is 32.1. The lowest BCUT2D eigenvalue weighted by molar-refractivity contribution is -1.04. The maximum atomic E-state index is 14.3. The third kappa shape index (κ3) is 4.31. The Kier molecular flexibility index (Phi) is 7.12. The molecule has 13 heteroatoms. The van der Waals surface area contributed by atoms with Crippen LogP contribution >= 0.6 is 0 Å². The normalized spacial score (nSPS) is 27.9. The number of carboxylic acid groups (broad SMARTS) is 1. The van der Waals surface area contributed by atoms with Crippen LogP contribution < -0.4 is 14.5 Å². The SMILES string of the molecule is CC([O-])C1C(=O)N2C(C(=O)[O-])=C(CN3c4cccc5c6c(cc(c45)S3(=O)=O)C[N+]3(CC6)CC[N+](CCO)(CCO)CC3)C(C)C12. The fraction of sp³-hybridized carbons (Fsp3) is 0.562. The van der Waals surface area contributed by atoms with Crippen molar-refractivity contribution in [1.82, 2.24) is 4.90 Å². The summed E-state index contributed by atoms with van der Waals surface area (Å²) in [7, 11) is -4.07. The lowest BCUT2D eigenvalue weighted by atomic mass is 9.78. The van der Waals surface area contributed by atoms with E-state index >= 15 is 0 Å². The lowest BCUT2D eigenvalue weighted by Crippen LogP contribution is -2.68. The molecule has 1 amide bonds. The average molecular weight is 641 g/mol. The van der Waals surface area contributed by atoms with Crippen molar-refractivity contribution >= 4 is 38.4 Å². The van der Waals surface area contributed by atoms with Gasteiger partial charge in [-0.2, -0.15) is 0 Å². The summed E-state index contributed by atoms with van der Waals surface area (Å²) in [4.78, 5) is 26.5. The second-order valence-electron chi connectivity index (χ2n) is 13.7. The minimum absolute atomic E-state index is 0.0718. The van der Waals surface area contributed by atoms with Crippen LogP contribution in [-0.2, 0) is 32.6 Å². The smallest absolute Gasteiger partial charge is 0.265 e. The van der Waals surface area contributed by atoms with Gasteiger partial charge >= 0.3 is 0 Å². The Balaban J connectivity index is 1.23. The summed E-state index contributed by atoms with van der Waals surface area (Å²) >= 11 is 0. The first-order valence-electron chi connectivity index (χ1n) is 15.8. The highest BCUT2D eigenvalue weighted by Crippen LogP contribution is 2.50. The fourth-order valence-electron chi connectivity index (χ4n) is 9.02. The van der Waals surface area contributed by atoms with Crippen LogP contribution in [0.25, 0.3) is 10.8 Å². The number of β-lactam (4-membered cyclic amide) rings is 1.